The summed E-state index contributed by atoms with van der Waals surface area (Å²) in [6, 6.07) is 9.60. The molecule has 1 N–H and O–H groups in total. The first-order chi connectivity index (χ1) is 11.5. The summed E-state index contributed by atoms with van der Waals surface area (Å²) in [4.78, 5) is 14.4. The molecule has 3 rings (SSSR count). The molecule has 1 aliphatic carbocycles. The Hall–Kier alpha value is -2.13. The Bertz CT molecular complexity index is 730. The summed E-state index contributed by atoms with van der Waals surface area (Å²) in [5, 5.41) is 12.9. The van der Waals surface area contributed by atoms with Crippen LogP contribution < -0.4 is 15.0 Å². The van der Waals surface area contributed by atoms with Crippen molar-refractivity contribution in [1.82, 2.24) is 5.32 Å². The van der Waals surface area contributed by atoms with Gasteiger partial charge in [-0.1, -0.05) is 19.1 Å². The lowest BCUT2D eigenvalue weighted by molar-refractivity contribution is -0.120. The van der Waals surface area contributed by atoms with Crippen LogP contribution in [-0.4, -0.2) is 18.7 Å². The second-order valence-corrected chi connectivity index (χ2v) is 6.91. The van der Waals surface area contributed by atoms with E-state index in [1.807, 2.05) is 35.2 Å². The Morgan fingerprint density at radius 1 is 1.38 bits per heavy atom. The lowest BCUT2D eigenvalue weighted by atomic mass is 9.80. The number of methoxy groups -OCH3 is 1. The molecule has 0 atom stereocenters. The lowest BCUT2D eigenvalue weighted by Crippen LogP contribution is -2.64. The number of hydrogen-bond donors (Lipinski definition) is 2. The van der Waals surface area contributed by atoms with Gasteiger partial charge >= 0.3 is 0 Å². The number of benzene rings is 1. The largest absolute Gasteiger partial charge is 0.495 e. The molecule has 0 bridgehead atoms. The van der Waals surface area contributed by atoms with Crippen LogP contribution in [0.2, 0.25) is 0 Å². The second-order valence-electron chi connectivity index (χ2n) is 6.49. The van der Waals surface area contributed by atoms with Gasteiger partial charge in [-0.05, 0) is 43.7 Å². The maximum Gasteiger partial charge on any atom is 0.266 e. The van der Waals surface area contributed by atoms with Crippen molar-refractivity contribution in [3.05, 3.63) is 34.9 Å². The second kappa shape index (κ2) is 6.40. The van der Waals surface area contributed by atoms with Crippen LogP contribution in [0.1, 0.15) is 32.6 Å². The van der Waals surface area contributed by atoms with Gasteiger partial charge in [0.15, 0.2) is 0 Å². The van der Waals surface area contributed by atoms with Crippen molar-refractivity contribution in [2.45, 2.75) is 38.3 Å². The van der Waals surface area contributed by atoms with E-state index < -0.39 is 5.66 Å². The standard InChI is InChI=1S/C18H21N3O2S/c1-12-7-9-18(10-8-12)20-16(22)13(11-19)17(24)21(18)14-5-3-4-6-15(14)23-2/h3-6,12,24H,7-10H2,1-2H3,(H,20,22). The van der Waals surface area contributed by atoms with Crippen molar-refractivity contribution in [2.24, 2.45) is 5.92 Å². The average molecular weight is 343 g/mol. The molecule has 1 amide bonds. The quantitative estimate of drug-likeness (QED) is 0.810. The van der Waals surface area contributed by atoms with Gasteiger partial charge in [0.25, 0.3) is 5.91 Å². The number of amides is 1. The first kappa shape index (κ1) is 16.7. The van der Waals surface area contributed by atoms with Crippen LogP contribution in [0.4, 0.5) is 5.69 Å². The van der Waals surface area contributed by atoms with Crippen molar-refractivity contribution >= 4 is 24.2 Å². The van der Waals surface area contributed by atoms with Crippen molar-refractivity contribution in [3.8, 4) is 11.8 Å². The van der Waals surface area contributed by atoms with E-state index in [2.05, 4.69) is 24.9 Å². The zero-order valence-corrected chi connectivity index (χ0v) is 14.8. The number of carbonyl (C=O) groups excluding carboxylic acids is 1. The monoisotopic (exact) mass is 343 g/mol. The minimum Gasteiger partial charge on any atom is -0.495 e. The van der Waals surface area contributed by atoms with Gasteiger partial charge in [0.05, 0.1) is 17.8 Å². The van der Waals surface area contributed by atoms with Crippen LogP contribution in [0.5, 0.6) is 5.75 Å². The van der Waals surface area contributed by atoms with Crippen LogP contribution in [0.25, 0.3) is 0 Å². The number of ether oxygens (including phenoxy) is 1. The molecule has 126 valence electrons. The zero-order chi connectivity index (χ0) is 17.3. The van der Waals surface area contributed by atoms with Crippen molar-refractivity contribution in [1.29, 1.82) is 5.26 Å². The van der Waals surface area contributed by atoms with Crippen LogP contribution in [0, 0.1) is 17.2 Å². The van der Waals surface area contributed by atoms with Gasteiger partial charge in [0.2, 0.25) is 0 Å². The first-order valence-corrected chi connectivity index (χ1v) is 8.56. The highest BCUT2D eigenvalue weighted by atomic mass is 32.1. The SMILES string of the molecule is COc1ccccc1N1C(S)=C(C#N)C(=O)NC12CCC(C)CC2. The van der Waals surface area contributed by atoms with E-state index >= 15 is 0 Å². The maximum atomic E-state index is 12.4. The number of carbonyl (C=O) groups is 1. The van der Waals surface area contributed by atoms with Crippen LogP contribution in [-0.2, 0) is 4.79 Å². The molecule has 1 saturated carbocycles. The van der Waals surface area contributed by atoms with Gasteiger partial charge in [-0.25, -0.2) is 0 Å². The molecule has 2 aliphatic rings. The molecule has 6 heteroatoms. The molecule has 24 heavy (non-hydrogen) atoms. The minimum absolute atomic E-state index is 0.0356. The number of nitriles is 1. The molecular formula is C18H21N3O2S. The summed E-state index contributed by atoms with van der Waals surface area (Å²) in [5.41, 5.74) is 0.288. The van der Waals surface area contributed by atoms with Gasteiger partial charge in [-0.3, -0.25) is 4.79 Å². The fourth-order valence-electron chi connectivity index (χ4n) is 3.59. The van der Waals surface area contributed by atoms with E-state index in [4.69, 9.17) is 4.74 Å². The van der Waals surface area contributed by atoms with Crippen LogP contribution >= 0.6 is 12.6 Å². The molecule has 1 fully saturated rings. The summed E-state index contributed by atoms with van der Waals surface area (Å²) in [5.74, 6) is 0.968. The molecule has 0 saturated heterocycles. The fourth-order valence-corrected chi connectivity index (χ4v) is 4.04. The zero-order valence-electron chi connectivity index (χ0n) is 13.9. The number of anilines is 1. The van der Waals surface area contributed by atoms with E-state index in [1.54, 1.807) is 7.11 Å². The molecule has 5 nitrogen and oxygen atoms in total. The summed E-state index contributed by atoms with van der Waals surface area (Å²) < 4.78 is 5.50. The molecule has 1 aromatic rings. The number of thiol groups is 1. The molecular weight excluding hydrogens is 322 g/mol. The number of nitrogens with one attached hydrogen (secondary N) is 1. The normalized spacial score (nSPS) is 27.0. The van der Waals surface area contributed by atoms with Gasteiger partial charge in [0, 0.05) is 0 Å². The Balaban J connectivity index is 2.17. The van der Waals surface area contributed by atoms with Crippen molar-refractivity contribution < 1.29 is 9.53 Å². The summed E-state index contributed by atoms with van der Waals surface area (Å²) >= 11 is 4.56. The van der Waals surface area contributed by atoms with Gasteiger partial charge in [-0.15, -0.1) is 12.6 Å². The smallest absolute Gasteiger partial charge is 0.266 e. The van der Waals surface area contributed by atoms with E-state index in [0.717, 1.165) is 31.4 Å². The van der Waals surface area contributed by atoms with Crippen molar-refractivity contribution in [2.75, 3.05) is 12.0 Å². The third-order valence-corrected chi connectivity index (χ3v) is 5.40. The summed E-state index contributed by atoms with van der Waals surface area (Å²) in [6.45, 7) is 2.23. The minimum atomic E-state index is -0.560. The topological polar surface area (TPSA) is 65.4 Å². The first-order valence-electron chi connectivity index (χ1n) is 8.11. The predicted octanol–water partition coefficient (Wildman–Crippen LogP) is 3.20. The highest BCUT2D eigenvalue weighted by Crippen LogP contribution is 2.45. The summed E-state index contributed by atoms with van der Waals surface area (Å²) in [6.07, 6.45) is 3.63. The van der Waals surface area contributed by atoms with Gasteiger partial charge in [-0.2, -0.15) is 5.26 Å². The van der Waals surface area contributed by atoms with Crippen LogP contribution in [0.3, 0.4) is 0 Å². The lowest BCUT2D eigenvalue weighted by Gasteiger charge is -2.51. The third kappa shape index (κ3) is 2.63. The number of nitrogens with zero attached hydrogens (tertiary/aromatic N) is 2. The number of para-hydroxylation sites is 2. The Labute approximate surface area is 147 Å². The highest BCUT2D eigenvalue weighted by molar-refractivity contribution is 7.84. The van der Waals surface area contributed by atoms with E-state index in [-0.39, 0.29) is 11.5 Å². The Morgan fingerprint density at radius 3 is 2.67 bits per heavy atom. The molecule has 0 aromatic heterocycles. The van der Waals surface area contributed by atoms with E-state index in [0.29, 0.717) is 16.7 Å². The average Bonchev–Trinajstić information content (AvgIpc) is 2.58. The number of rotatable bonds is 2. The van der Waals surface area contributed by atoms with E-state index in [9.17, 15) is 10.1 Å². The van der Waals surface area contributed by atoms with Crippen molar-refractivity contribution in [3.63, 3.8) is 0 Å². The molecule has 0 radical (unpaired) electrons. The molecule has 1 aromatic carbocycles. The third-order valence-electron chi connectivity index (χ3n) is 4.98. The Morgan fingerprint density at radius 2 is 2.04 bits per heavy atom. The fraction of sp³-hybridized carbons (Fsp3) is 0.444. The maximum absolute atomic E-state index is 12.4. The Kier molecular flexibility index (Phi) is 4.46. The highest BCUT2D eigenvalue weighted by Gasteiger charge is 2.47. The van der Waals surface area contributed by atoms with Gasteiger partial charge < -0.3 is 15.0 Å². The number of hydrogen-bond acceptors (Lipinski definition) is 5. The van der Waals surface area contributed by atoms with Crippen LogP contribution in [0.15, 0.2) is 34.9 Å². The molecule has 1 spiro atoms. The van der Waals surface area contributed by atoms with E-state index in [1.165, 1.54) is 0 Å². The summed E-state index contributed by atoms with van der Waals surface area (Å²) in [7, 11) is 1.62. The molecule has 1 heterocycles. The predicted molar refractivity (Wildman–Crippen MR) is 95.6 cm³/mol. The molecule has 1 aliphatic heterocycles. The molecule has 0 unspecified atom stereocenters. The van der Waals surface area contributed by atoms with Gasteiger partial charge in [0.1, 0.15) is 23.1 Å².